The summed E-state index contributed by atoms with van der Waals surface area (Å²) >= 11 is 15.0. The molecule has 1 aliphatic carbocycles. The maximum atomic E-state index is 13.4. The van der Waals surface area contributed by atoms with Crippen LogP contribution in [0, 0.1) is 0 Å². The van der Waals surface area contributed by atoms with Crippen LogP contribution in [0.3, 0.4) is 0 Å². The van der Waals surface area contributed by atoms with Gasteiger partial charge in [0.25, 0.3) is 0 Å². The Morgan fingerprint density at radius 1 is 0.750 bits per heavy atom. The Morgan fingerprint density at radius 2 is 1.50 bits per heavy atom. The van der Waals surface area contributed by atoms with E-state index in [4.69, 9.17) is 23.2 Å². The summed E-state index contributed by atoms with van der Waals surface area (Å²) in [5.41, 5.74) is 3.21. The van der Waals surface area contributed by atoms with Gasteiger partial charge in [0, 0.05) is 26.6 Å². The monoisotopic (exact) mass is 420 g/mol. The molecule has 0 N–H and O–H groups in total. The van der Waals surface area contributed by atoms with Gasteiger partial charge in [0.15, 0.2) is 5.78 Å². The SMILES string of the molecule is O=C1c2cccc(Cl)c2[C@@](c2ccccc2)(c2cccs2)c2cccc(Cl)c21. The quantitative estimate of drug-likeness (QED) is 0.300. The maximum Gasteiger partial charge on any atom is 0.195 e. The van der Waals surface area contributed by atoms with Crippen LogP contribution in [0.5, 0.6) is 0 Å². The molecule has 1 heterocycles. The lowest BCUT2D eigenvalue weighted by Crippen LogP contribution is -2.38. The van der Waals surface area contributed by atoms with Crippen LogP contribution in [0.15, 0.2) is 84.2 Å². The van der Waals surface area contributed by atoms with Crippen LogP contribution in [0.2, 0.25) is 10.0 Å². The highest BCUT2D eigenvalue weighted by Gasteiger charge is 2.48. The second-order valence-corrected chi connectivity index (χ2v) is 8.51. The van der Waals surface area contributed by atoms with Gasteiger partial charge in [-0.1, -0.05) is 83.9 Å². The zero-order valence-corrected chi connectivity index (χ0v) is 17.0. The normalized spacial score (nSPS) is 17.9. The van der Waals surface area contributed by atoms with Gasteiger partial charge in [-0.15, -0.1) is 11.3 Å². The molecule has 0 amide bonds. The van der Waals surface area contributed by atoms with E-state index in [1.165, 1.54) is 0 Å². The lowest BCUT2D eigenvalue weighted by molar-refractivity contribution is 0.103. The lowest BCUT2D eigenvalue weighted by atomic mass is 9.62. The van der Waals surface area contributed by atoms with Gasteiger partial charge in [0.05, 0.1) is 10.4 Å². The van der Waals surface area contributed by atoms with Gasteiger partial charge in [-0.3, -0.25) is 4.79 Å². The molecule has 1 aromatic heterocycles. The Morgan fingerprint density at radius 3 is 2.25 bits per heavy atom. The van der Waals surface area contributed by atoms with Crippen molar-refractivity contribution in [2.75, 3.05) is 0 Å². The molecule has 0 aliphatic heterocycles. The number of benzene rings is 3. The first-order valence-electron chi connectivity index (χ1n) is 8.88. The average molecular weight is 421 g/mol. The van der Waals surface area contributed by atoms with Crippen LogP contribution < -0.4 is 0 Å². The maximum absolute atomic E-state index is 13.4. The van der Waals surface area contributed by atoms with E-state index in [-0.39, 0.29) is 5.78 Å². The van der Waals surface area contributed by atoms with Crippen molar-refractivity contribution >= 4 is 40.3 Å². The molecular formula is C24H14Cl2OS. The molecule has 0 fully saturated rings. The van der Waals surface area contributed by atoms with Crippen LogP contribution in [0.4, 0.5) is 0 Å². The van der Waals surface area contributed by atoms with Gasteiger partial charge < -0.3 is 0 Å². The molecule has 0 bridgehead atoms. The Hall–Kier alpha value is -2.39. The van der Waals surface area contributed by atoms with Crippen molar-refractivity contribution in [2.45, 2.75) is 5.41 Å². The van der Waals surface area contributed by atoms with Crippen LogP contribution >= 0.6 is 34.5 Å². The van der Waals surface area contributed by atoms with Gasteiger partial charge in [0.1, 0.15) is 0 Å². The molecule has 0 radical (unpaired) electrons. The fraction of sp³-hybridized carbons (Fsp3) is 0.0417. The molecule has 0 unspecified atom stereocenters. The summed E-state index contributed by atoms with van der Waals surface area (Å²) in [5.74, 6) is -0.0822. The first-order chi connectivity index (χ1) is 13.7. The van der Waals surface area contributed by atoms with E-state index in [1.54, 1.807) is 17.4 Å². The molecule has 3 aromatic carbocycles. The summed E-state index contributed by atoms with van der Waals surface area (Å²) in [6.45, 7) is 0. The number of carbonyl (C=O) groups excluding carboxylic acids is 1. The van der Waals surface area contributed by atoms with Crippen molar-refractivity contribution in [3.05, 3.63) is 127 Å². The Balaban J connectivity index is 2.05. The standard InChI is InChI=1S/C24H14Cl2OS/c25-18-11-5-10-17-21(18)23(27)16-9-4-12-19(26)22(16)24(17,20-13-6-14-28-20)15-7-2-1-3-8-15/h1-14H/t24-/m1/s1. The van der Waals surface area contributed by atoms with E-state index >= 15 is 0 Å². The van der Waals surface area contributed by atoms with Gasteiger partial charge in [-0.2, -0.15) is 0 Å². The molecule has 136 valence electrons. The predicted molar refractivity (Wildman–Crippen MR) is 116 cm³/mol. The number of carbonyl (C=O) groups is 1. The summed E-state index contributed by atoms with van der Waals surface area (Å²) in [7, 11) is 0. The molecule has 1 nitrogen and oxygen atoms in total. The zero-order valence-electron chi connectivity index (χ0n) is 14.7. The Bertz CT molecular complexity index is 1200. The van der Waals surface area contributed by atoms with Crippen LogP contribution in [-0.4, -0.2) is 5.78 Å². The summed E-state index contributed by atoms with van der Waals surface area (Å²) in [4.78, 5) is 14.5. The highest BCUT2D eigenvalue weighted by molar-refractivity contribution is 7.10. The highest BCUT2D eigenvalue weighted by Crippen LogP contribution is 2.54. The van der Waals surface area contributed by atoms with Crippen molar-refractivity contribution in [2.24, 2.45) is 0 Å². The third-order valence-corrected chi connectivity index (χ3v) is 6.99. The number of fused-ring (bicyclic) bond motifs is 2. The van der Waals surface area contributed by atoms with E-state index in [1.807, 2.05) is 54.6 Å². The van der Waals surface area contributed by atoms with Crippen molar-refractivity contribution in [3.63, 3.8) is 0 Å². The number of rotatable bonds is 2. The molecule has 4 aromatic rings. The number of thiophene rings is 1. The second-order valence-electron chi connectivity index (χ2n) is 6.75. The topological polar surface area (TPSA) is 17.1 Å². The molecular weight excluding hydrogens is 407 g/mol. The molecule has 5 rings (SSSR count). The summed E-state index contributed by atoms with van der Waals surface area (Å²) in [6.07, 6.45) is 0. The van der Waals surface area contributed by atoms with E-state index in [0.29, 0.717) is 21.2 Å². The van der Waals surface area contributed by atoms with Crippen LogP contribution in [-0.2, 0) is 5.41 Å². The predicted octanol–water partition coefficient (Wildman–Crippen LogP) is 6.98. The van der Waals surface area contributed by atoms with Gasteiger partial charge in [-0.05, 0) is 34.7 Å². The van der Waals surface area contributed by atoms with Crippen molar-refractivity contribution in [1.29, 1.82) is 0 Å². The van der Waals surface area contributed by atoms with Gasteiger partial charge in [-0.25, -0.2) is 0 Å². The second kappa shape index (κ2) is 6.59. The largest absolute Gasteiger partial charge is 0.289 e. The molecule has 1 aliphatic rings. The summed E-state index contributed by atoms with van der Waals surface area (Å²) in [5, 5.41) is 3.09. The molecule has 0 saturated heterocycles. The van der Waals surface area contributed by atoms with Crippen LogP contribution in [0.1, 0.15) is 37.5 Å². The Labute approximate surface area is 177 Å². The minimum absolute atomic E-state index is 0.0822. The fourth-order valence-electron chi connectivity index (χ4n) is 4.31. The number of hydrogen-bond donors (Lipinski definition) is 0. The Kier molecular flexibility index (Phi) is 4.17. The van der Waals surface area contributed by atoms with Crippen molar-refractivity contribution in [3.8, 4) is 0 Å². The van der Waals surface area contributed by atoms with Crippen molar-refractivity contribution in [1.82, 2.24) is 0 Å². The summed E-state index contributed by atoms with van der Waals surface area (Å²) in [6, 6.07) is 25.5. The number of ketones is 1. The molecule has 0 spiro atoms. The van der Waals surface area contributed by atoms with E-state index in [9.17, 15) is 4.79 Å². The van der Waals surface area contributed by atoms with E-state index < -0.39 is 5.41 Å². The molecule has 0 saturated carbocycles. The van der Waals surface area contributed by atoms with E-state index in [2.05, 4.69) is 23.6 Å². The van der Waals surface area contributed by atoms with Crippen LogP contribution in [0.25, 0.3) is 0 Å². The fourth-order valence-corrected chi connectivity index (χ4v) is 5.85. The van der Waals surface area contributed by atoms with E-state index in [0.717, 1.165) is 21.6 Å². The lowest BCUT2D eigenvalue weighted by Gasteiger charge is -2.41. The highest BCUT2D eigenvalue weighted by atomic mass is 35.5. The van der Waals surface area contributed by atoms with Crippen molar-refractivity contribution < 1.29 is 4.79 Å². The first-order valence-corrected chi connectivity index (χ1v) is 10.5. The average Bonchev–Trinajstić information content (AvgIpc) is 3.25. The minimum atomic E-state index is -0.697. The smallest absolute Gasteiger partial charge is 0.195 e. The third-order valence-electron chi connectivity index (χ3n) is 5.38. The zero-order chi connectivity index (χ0) is 19.3. The number of hydrogen-bond acceptors (Lipinski definition) is 2. The third kappa shape index (κ3) is 2.29. The number of halogens is 2. The minimum Gasteiger partial charge on any atom is -0.289 e. The summed E-state index contributed by atoms with van der Waals surface area (Å²) < 4.78 is 0. The molecule has 28 heavy (non-hydrogen) atoms. The first kappa shape index (κ1) is 17.7. The van der Waals surface area contributed by atoms with Gasteiger partial charge in [0.2, 0.25) is 0 Å². The molecule has 1 atom stereocenters. The molecule has 4 heteroatoms. The van der Waals surface area contributed by atoms with Gasteiger partial charge >= 0.3 is 0 Å².